The number of aliphatic hydroxyl groups excluding tert-OH is 1. The zero-order chi connectivity index (χ0) is 11.4. The lowest BCUT2D eigenvalue weighted by atomic mass is 10.0. The minimum Gasteiger partial charge on any atom is -0.395 e. The van der Waals surface area contributed by atoms with E-state index in [1.807, 2.05) is 12.1 Å². The van der Waals surface area contributed by atoms with Crippen LogP contribution in [0.25, 0.3) is 0 Å². The summed E-state index contributed by atoms with van der Waals surface area (Å²) in [6, 6.07) is 4.20. The monoisotopic (exact) mass is 221 g/mol. The average Bonchev–Trinajstić information content (AvgIpc) is 2.30. The molecule has 1 aromatic rings. The van der Waals surface area contributed by atoms with Crippen LogP contribution in [0, 0.1) is 0 Å². The number of hydrogen-bond donors (Lipinski definition) is 2. The number of likely N-dealkylation sites (tertiary alicyclic amines) is 1. The molecule has 0 bridgehead atoms. The molecular weight excluding hydrogens is 202 g/mol. The molecule has 2 rings (SSSR count). The first kappa shape index (κ1) is 11.4. The number of anilines is 1. The van der Waals surface area contributed by atoms with Crippen LogP contribution in [0.4, 0.5) is 5.82 Å². The third-order valence-corrected chi connectivity index (χ3v) is 3.19. The van der Waals surface area contributed by atoms with E-state index in [1.54, 1.807) is 6.20 Å². The van der Waals surface area contributed by atoms with Crippen molar-refractivity contribution >= 4 is 5.82 Å². The third-order valence-electron chi connectivity index (χ3n) is 3.19. The second kappa shape index (κ2) is 5.27. The molecule has 0 aliphatic carbocycles. The van der Waals surface area contributed by atoms with Crippen LogP contribution in [0.3, 0.4) is 0 Å². The van der Waals surface area contributed by atoms with Crippen molar-refractivity contribution in [3.8, 4) is 0 Å². The molecule has 4 nitrogen and oxygen atoms in total. The fourth-order valence-corrected chi connectivity index (χ4v) is 2.30. The summed E-state index contributed by atoms with van der Waals surface area (Å²) in [5.41, 5.74) is 6.83. The molecular formula is C12H19N3O. The number of nitrogens with zero attached hydrogens (tertiary/aromatic N) is 2. The van der Waals surface area contributed by atoms with E-state index in [9.17, 15) is 5.11 Å². The van der Waals surface area contributed by atoms with Crippen molar-refractivity contribution in [2.24, 2.45) is 0 Å². The number of piperidine rings is 1. The molecule has 1 unspecified atom stereocenters. The van der Waals surface area contributed by atoms with Crippen LogP contribution in [0.2, 0.25) is 0 Å². The number of aliphatic hydroxyl groups is 1. The van der Waals surface area contributed by atoms with Crippen molar-refractivity contribution in [3.05, 3.63) is 23.9 Å². The first-order valence-corrected chi connectivity index (χ1v) is 5.85. The van der Waals surface area contributed by atoms with Gasteiger partial charge in [-0.15, -0.1) is 0 Å². The molecule has 3 N–H and O–H groups in total. The Labute approximate surface area is 96.1 Å². The van der Waals surface area contributed by atoms with Crippen LogP contribution in [-0.4, -0.2) is 34.2 Å². The Morgan fingerprint density at radius 1 is 1.50 bits per heavy atom. The fraction of sp³-hybridized carbons (Fsp3) is 0.583. The maximum Gasteiger partial charge on any atom is 0.123 e. The largest absolute Gasteiger partial charge is 0.395 e. The zero-order valence-electron chi connectivity index (χ0n) is 9.47. The van der Waals surface area contributed by atoms with Gasteiger partial charge in [0.05, 0.1) is 6.61 Å². The van der Waals surface area contributed by atoms with Crippen LogP contribution >= 0.6 is 0 Å². The van der Waals surface area contributed by atoms with Crippen LogP contribution in [0.15, 0.2) is 18.3 Å². The van der Waals surface area contributed by atoms with Crippen molar-refractivity contribution in [1.29, 1.82) is 0 Å². The van der Waals surface area contributed by atoms with Crippen LogP contribution in [0.5, 0.6) is 0 Å². The molecule has 4 heteroatoms. The first-order valence-electron chi connectivity index (χ1n) is 5.85. The second-order valence-electron chi connectivity index (χ2n) is 4.39. The van der Waals surface area contributed by atoms with Gasteiger partial charge in [0.2, 0.25) is 0 Å². The number of nitrogen functional groups attached to an aromatic ring is 1. The Morgan fingerprint density at radius 2 is 2.38 bits per heavy atom. The standard InChI is InChI=1S/C12H19N3O/c13-12-7-10(4-5-14-12)8-15-6-2-1-3-11(15)9-16/h4-5,7,11,16H,1-3,6,8-9H2,(H2,13,14). The minimum absolute atomic E-state index is 0.251. The Kier molecular flexibility index (Phi) is 3.74. The highest BCUT2D eigenvalue weighted by Gasteiger charge is 2.21. The summed E-state index contributed by atoms with van der Waals surface area (Å²) in [5.74, 6) is 0.565. The predicted octanol–water partition coefficient (Wildman–Crippen LogP) is 1.01. The molecule has 88 valence electrons. The number of aromatic nitrogens is 1. The molecule has 16 heavy (non-hydrogen) atoms. The van der Waals surface area contributed by atoms with E-state index in [2.05, 4.69) is 9.88 Å². The third kappa shape index (κ3) is 2.71. The normalized spacial score (nSPS) is 22.2. The Morgan fingerprint density at radius 3 is 3.12 bits per heavy atom. The van der Waals surface area contributed by atoms with E-state index < -0.39 is 0 Å². The van der Waals surface area contributed by atoms with Crippen LogP contribution < -0.4 is 5.73 Å². The molecule has 1 atom stereocenters. The minimum atomic E-state index is 0.251. The average molecular weight is 221 g/mol. The van der Waals surface area contributed by atoms with Crippen molar-refractivity contribution < 1.29 is 5.11 Å². The lowest BCUT2D eigenvalue weighted by molar-refractivity contribution is 0.0841. The van der Waals surface area contributed by atoms with Gasteiger partial charge in [-0.1, -0.05) is 6.42 Å². The summed E-state index contributed by atoms with van der Waals surface area (Å²) in [7, 11) is 0. The number of rotatable bonds is 3. The zero-order valence-corrected chi connectivity index (χ0v) is 9.47. The lowest BCUT2D eigenvalue weighted by Gasteiger charge is -2.34. The van der Waals surface area contributed by atoms with Gasteiger partial charge in [0.25, 0.3) is 0 Å². The smallest absolute Gasteiger partial charge is 0.123 e. The second-order valence-corrected chi connectivity index (χ2v) is 4.39. The summed E-state index contributed by atoms with van der Waals surface area (Å²) in [6.07, 6.45) is 5.27. The Balaban J connectivity index is 2.02. The Bertz CT molecular complexity index is 343. The van der Waals surface area contributed by atoms with Crippen molar-refractivity contribution in [2.75, 3.05) is 18.9 Å². The highest BCUT2D eigenvalue weighted by molar-refractivity contribution is 5.31. The van der Waals surface area contributed by atoms with E-state index in [1.165, 1.54) is 18.4 Å². The van der Waals surface area contributed by atoms with Crippen LogP contribution in [-0.2, 0) is 6.54 Å². The molecule has 1 aliphatic rings. The van der Waals surface area contributed by atoms with Gasteiger partial charge in [-0.25, -0.2) is 4.98 Å². The van der Waals surface area contributed by atoms with E-state index in [0.717, 1.165) is 19.5 Å². The molecule has 0 aromatic carbocycles. The van der Waals surface area contributed by atoms with Gasteiger partial charge >= 0.3 is 0 Å². The predicted molar refractivity (Wildman–Crippen MR) is 63.8 cm³/mol. The van der Waals surface area contributed by atoms with Gasteiger partial charge in [0.1, 0.15) is 5.82 Å². The summed E-state index contributed by atoms with van der Waals surface area (Å²) in [6.45, 7) is 2.17. The SMILES string of the molecule is Nc1cc(CN2CCCCC2CO)ccn1. The molecule has 1 fully saturated rings. The highest BCUT2D eigenvalue weighted by Crippen LogP contribution is 2.19. The highest BCUT2D eigenvalue weighted by atomic mass is 16.3. The van der Waals surface area contributed by atoms with Gasteiger partial charge in [0.15, 0.2) is 0 Å². The summed E-state index contributed by atoms with van der Waals surface area (Å²) in [5, 5.41) is 9.32. The molecule has 2 heterocycles. The molecule has 1 saturated heterocycles. The van der Waals surface area contributed by atoms with Gasteiger partial charge < -0.3 is 10.8 Å². The summed E-state index contributed by atoms with van der Waals surface area (Å²) >= 11 is 0. The molecule has 0 saturated carbocycles. The van der Waals surface area contributed by atoms with E-state index >= 15 is 0 Å². The van der Waals surface area contributed by atoms with Gasteiger partial charge in [0, 0.05) is 18.8 Å². The van der Waals surface area contributed by atoms with Gasteiger partial charge in [-0.2, -0.15) is 0 Å². The summed E-state index contributed by atoms with van der Waals surface area (Å²) in [4.78, 5) is 6.31. The maximum atomic E-state index is 9.32. The van der Waals surface area contributed by atoms with Crippen LogP contribution in [0.1, 0.15) is 24.8 Å². The molecule has 0 radical (unpaired) electrons. The quantitative estimate of drug-likeness (QED) is 0.799. The van der Waals surface area contributed by atoms with E-state index in [0.29, 0.717) is 11.9 Å². The molecule has 1 aromatic heterocycles. The number of pyridine rings is 1. The molecule has 0 spiro atoms. The molecule has 1 aliphatic heterocycles. The fourth-order valence-electron chi connectivity index (χ4n) is 2.30. The van der Waals surface area contributed by atoms with E-state index in [4.69, 9.17) is 5.73 Å². The van der Waals surface area contributed by atoms with E-state index in [-0.39, 0.29) is 6.61 Å². The lowest BCUT2D eigenvalue weighted by Crippen LogP contribution is -2.41. The maximum absolute atomic E-state index is 9.32. The van der Waals surface area contributed by atoms with Gasteiger partial charge in [-0.05, 0) is 37.1 Å². The van der Waals surface area contributed by atoms with Crippen molar-refractivity contribution in [2.45, 2.75) is 31.8 Å². The molecule has 0 amide bonds. The van der Waals surface area contributed by atoms with Crippen molar-refractivity contribution in [3.63, 3.8) is 0 Å². The van der Waals surface area contributed by atoms with Gasteiger partial charge in [-0.3, -0.25) is 4.90 Å². The number of hydrogen-bond acceptors (Lipinski definition) is 4. The Hall–Kier alpha value is -1.13. The summed E-state index contributed by atoms with van der Waals surface area (Å²) < 4.78 is 0. The number of nitrogens with two attached hydrogens (primary N) is 1. The first-order chi connectivity index (χ1) is 7.79. The topological polar surface area (TPSA) is 62.4 Å². The van der Waals surface area contributed by atoms with Crippen molar-refractivity contribution in [1.82, 2.24) is 9.88 Å².